The van der Waals surface area contributed by atoms with Crippen molar-refractivity contribution in [2.45, 2.75) is 44.4 Å². The van der Waals surface area contributed by atoms with Gasteiger partial charge in [-0.1, -0.05) is 30.3 Å². The number of rotatable bonds is 7. The molecule has 5 nitrogen and oxygen atoms in total. The molecule has 0 atom stereocenters. The number of halogens is 3. The first-order valence-electron chi connectivity index (χ1n) is 11.4. The third-order valence-electron chi connectivity index (χ3n) is 6.20. The highest BCUT2D eigenvalue weighted by molar-refractivity contribution is 5.90. The second-order valence-electron chi connectivity index (χ2n) is 8.97. The molecule has 1 heterocycles. The number of nitrogens with one attached hydrogen (secondary N) is 2. The average molecular weight is 458 g/mol. The summed E-state index contributed by atoms with van der Waals surface area (Å²) in [5.74, 6) is 2.07. The van der Waals surface area contributed by atoms with E-state index in [2.05, 4.69) is 10.6 Å². The number of hydrogen-bond donors (Lipinski definition) is 2. The molecule has 1 aliphatic rings. The zero-order chi connectivity index (χ0) is 23.4. The molecule has 0 radical (unpaired) electrons. The van der Waals surface area contributed by atoms with Crippen molar-refractivity contribution in [1.29, 1.82) is 0 Å². The van der Waals surface area contributed by atoms with Crippen LogP contribution in [0.1, 0.15) is 36.8 Å². The molecule has 0 unspecified atom stereocenters. The monoisotopic (exact) mass is 457 g/mol. The van der Waals surface area contributed by atoms with Crippen molar-refractivity contribution in [3.8, 4) is 0 Å². The van der Waals surface area contributed by atoms with E-state index in [9.17, 15) is 13.2 Å². The molecule has 1 saturated carbocycles. The molecular formula is C25H30F3N5. The predicted molar refractivity (Wildman–Crippen MR) is 126 cm³/mol. The normalized spacial score (nSPS) is 18.9. The highest BCUT2D eigenvalue weighted by atomic mass is 19.4. The molecule has 0 saturated heterocycles. The molecule has 33 heavy (non-hydrogen) atoms. The maximum atomic E-state index is 12.9. The lowest BCUT2D eigenvalue weighted by molar-refractivity contribution is -0.137. The van der Waals surface area contributed by atoms with Gasteiger partial charge in [-0.15, -0.1) is 0 Å². The summed E-state index contributed by atoms with van der Waals surface area (Å²) in [6.45, 7) is 1.25. The number of aromatic nitrogens is 2. The SMILES string of the molecule is CN(C)c1nc(NC2CCC(CNCc3cccc(C(F)(F)F)c3)CC2)nc2ccccc12. The number of anilines is 2. The van der Waals surface area contributed by atoms with Crippen molar-refractivity contribution in [2.24, 2.45) is 5.92 Å². The van der Waals surface area contributed by atoms with Crippen LogP contribution in [0.2, 0.25) is 0 Å². The summed E-state index contributed by atoms with van der Waals surface area (Å²) in [7, 11) is 3.96. The van der Waals surface area contributed by atoms with Gasteiger partial charge < -0.3 is 15.5 Å². The van der Waals surface area contributed by atoms with Gasteiger partial charge in [0.05, 0.1) is 11.1 Å². The van der Waals surface area contributed by atoms with Crippen molar-refractivity contribution in [2.75, 3.05) is 30.9 Å². The maximum absolute atomic E-state index is 12.9. The Hall–Kier alpha value is -2.87. The first-order chi connectivity index (χ1) is 15.8. The van der Waals surface area contributed by atoms with Crippen molar-refractivity contribution < 1.29 is 13.2 Å². The van der Waals surface area contributed by atoms with Gasteiger partial charge in [-0.2, -0.15) is 18.2 Å². The fourth-order valence-corrected chi connectivity index (χ4v) is 4.44. The fraction of sp³-hybridized carbons (Fsp3) is 0.440. The highest BCUT2D eigenvalue weighted by Crippen LogP contribution is 2.30. The second kappa shape index (κ2) is 9.95. The Balaban J connectivity index is 1.28. The van der Waals surface area contributed by atoms with Crippen LogP contribution in [0.3, 0.4) is 0 Å². The Labute approximate surface area is 192 Å². The van der Waals surface area contributed by atoms with E-state index in [1.165, 1.54) is 12.1 Å². The van der Waals surface area contributed by atoms with Gasteiger partial charge in [-0.25, -0.2) is 4.98 Å². The van der Waals surface area contributed by atoms with Gasteiger partial charge in [-0.05, 0) is 61.9 Å². The van der Waals surface area contributed by atoms with Crippen molar-refractivity contribution in [1.82, 2.24) is 15.3 Å². The minimum Gasteiger partial charge on any atom is -0.362 e. The van der Waals surface area contributed by atoms with Crippen LogP contribution in [-0.4, -0.2) is 36.6 Å². The third kappa shape index (κ3) is 5.93. The third-order valence-corrected chi connectivity index (χ3v) is 6.20. The van der Waals surface area contributed by atoms with Crippen LogP contribution in [-0.2, 0) is 12.7 Å². The Morgan fingerprint density at radius 3 is 2.45 bits per heavy atom. The molecule has 4 rings (SSSR count). The smallest absolute Gasteiger partial charge is 0.362 e. The molecule has 2 aromatic carbocycles. The van der Waals surface area contributed by atoms with Crippen molar-refractivity contribution >= 4 is 22.7 Å². The van der Waals surface area contributed by atoms with E-state index in [-0.39, 0.29) is 0 Å². The largest absolute Gasteiger partial charge is 0.416 e. The van der Waals surface area contributed by atoms with E-state index < -0.39 is 11.7 Å². The minimum absolute atomic E-state index is 0.320. The molecule has 8 heteroatoms. The number of para-hydroxylation sites is 1. The number of benzene rings is 2. The van der Waals surface area contributed by atoms with Crippen LogP contribution >= 0.6 is 0 Å². The zero-order valence-electron chi connectivity index (χ0n) is 19.0. The van der Waals surface area contributed by atoms with E-state index in [0.29, 0.717) is 30.0 Å². The van der Waals surface area contributed by atoms with Gasteiger partial charge in [0.15, 0.2) is 0 Å². The van der Waals surface area contributed by atoms with Gasteiger partial charge in [0, 0.05) is 32.1 Å². The van der Waals surface area contributed by atoms with E-state index in [1.807, 2.05) is 43.3 Å². The summed E-state index contributed by atoms with van der Waals surface area (Å²) >= 11 is 0. The fourth-order valence-electron chi connectivity index (χ4n) is 4.44. The zero-order valence-corrected chi connectivity index (χ0v) is 19.0. The molecule has 0 amide bonds. The van der Waals surface area contributed by atoms with Crippen LogP contribution in [0.4, 0.5) is 24.9 Å². The molecule has 0 spiro atoms. The molecule has 1 aromatic heterocycles. The number of fused-ring (bicyclic) bond motifs is 1. The number of alkyl halides is 3. The summed E-state index contributed by atoms with van der Waals surface area (Å²) in [6, 6.07) is 13.9. The Morgan fingerprint density at radius 2 is 1.73 bits per heavy atom. The van der Waals surface area contributed by atoms with Crippen LogP contribution in [0.15, 0.2) is 48.5 Å². The summed E-state index contributed by atoms with van der Waals surface area (Å²) in [6.07, 6.45) is -0.154. The average Bonchev–Trinajstić information content (AvgIpc) is 2.79. The predicted octanol–water partition coefficient (Wildman–Crippen LogP) is 5.48. The van der Waals surface area contributed by atoms with E-state index >= 15 is 0 Å². The lowest BCUT2D eigenvalue weighted by atomic mass is 9.86. The van der Waals surface area contributed by atoms with Gasteiger partial charge in [0.2, 0.25) is 5.95 Å². The molecule has 1 fully saturated rings. The molecule has 0 bridgehead atoms. The molecule has 1 aliphatic carbocycles. The Kier molecular flexibility index (Phi) is 7.02. The summed E-state index contributed by atoms with van der Waals surface area (Å²) in [4.78, 5) is 11.4. The first-order valence-corrected chi connectivity index (χ1v) is 11.4. The first kappa shape index (κ1) is 23.3. The topological polar surface area (TPSA) is 53.1 Å². The summed E-state index contributed by atoms with van der Waals surface area (Å²) in [5, 5.41) is 7.88. The molecule has 3 aromatic rings. The van der Waals surface area contributed by atoms with Gasteiger partial charge in [-0.3, -0.25) is 0 Å². The van der Waals surface area contributed by atoms with Crippen molar-refractivity contribution in [3.05, 3.63) is 59.7 Å². The Morgan fingerprint density at radius 1 is 0.970 bits per heavy atom. The lowest BCUT2D eigenvalue weighted by Crippen LogP contribution is -2.31. The van der Waals surface area contributed by atoms with Gasteiger partial charge in [0.1, 0.15) is 5.82 Å². The number of nitrogens with zero attached hydrogens (tertiary/aromatic N) is 3. The Bertz CT molecular complexity index is 1080. The van der Waals surface area contributed by atoms with Crippen LogP contribution < -0.4 is 15.5 Å². The van der Waals surface area contributed by atoms with E-state index in [4.69, 9.17) is 9.97 Å². The molecule has 176 valence electrons. The van der Waals surface area contributed by atoms with Crippen molar-refractivity contribution in [3.63, 3.8) is 0 Å². The van der Waals surface area contributed by atoms with Gasteiger partial charge >= 0.3 is 6.18 Å². The molecule has 2 N–H and O–H groups in total. The number of hydrogen-bond acceptors (Lipinski definition) is 5. The quantitative estimate of drug-likeness (QED) is 0.492. The lowest BCUT2D eigenvalue weighted by Gasteiger charge is -2.29. The van der Waals surface area contributed by atoms with Crippen LogP contribution in [0.25, 0.3) is 10.9 Å². The molecule has 0 aliphatic heterocycles. The minimum atomic E-state index is -4.30. The highest BCUT2D eigenvalue weighted by Gasteiger charge is 2.30. The standard InChI is InChI=1S/C25H30F3N5/c1-33(2)23-21-8-3-4-9-22(21)31-24(32-23)30-20-12-10-17(11-13-20)15-29-16-18-6-5-7-19(14-18)25(26,27)28/h3-9,14,17,20,29H,10-13,15-16H2,1-2H3,(H,30,31,32). The maximum Gasteiger partial charge on any atom is 0.416 e. The van der Waals surface area contributed by atoms with Crippen LogP contribution in [0, 0.1) is 5.92 Å². The summed E-state index contributed by atoms with van der Waals surface area (Å²) in [5.41, 5.74) is 0.984. The van der Waals surface area contributed by atoms with E-state index in [1.54, 1.807) is 6.07 Å². The van der Waals surface area contributed by atoms with Crippen LogP contribution in [0.5, 0.6) is 0 Å². The molecular weight excluding hydrogens is 427 g/mol. The summed E-state index contributed by atoms with van der Waals surface area (Å²) < 4.78 is 38.6. The van der Waals surface area contributed by atoms with E-state index in [0.717, 1.165) is 55.0 Å². The second-order valence-corrected chi connectivity index (χ2v) is 8.97. The van der Waals surface area contributed by atoms with Gasteiger partial charge in [0.25, 0.3) is 0 Å².